The Morgan fingerprint density at radius 3 is 2.67 bits per heavy atom. The highest BCUT2D eigenvalue weighted by atomic mass is 16.4. The van der Waals surface area contributed by atoms with E-state index in [4.69, 9.17) is 5.11 Å². The van der Waals surface area contributed by atoms with Crippen LogP contribution in [0.2, 0.25) is 0 Å². The number of rotatable bonds is 6. The molecular formula is C16H16N2O3. The van der Waals surface area contributed by atoms with Crippen molar-refractivity contribution in [2.75, 3.05) is 5.32 Å². The van der Waals surface area contributed by atoms with Crippen LogP contribution in [0, 0.1) is 0 Å². The summed E-state index contributed by atoms with van der Waals surface area (Å²) in [4.78, 5) is 26.6. The van der Waals surface area contributed by atoms with Gasteiger partial charge in [0.2, 0.25) is 5.91 Å². The fraction of sp³-hybridized carbons (Fsp3) is 0.188. The molecule has 1 amide bonds. The lowest BCUT2D eigenvalue weighted by molar-refractivity contribution is -0.136. The number of anilines is 1. The Kier molecular flexibility index (Phi) is 5.04. The monoisotopic (exact) mass is 284 g/mol. The van der Waals surface area contributed by atoms with Gasteiger partial charge in [-0.05, 0) is 29.7 Å². The van der Waals surface area contributed by atoms with Gasteiger partial charge in [-0.2, -0.15) is 0 Å². The third-order valence-corrected chi connectivity index (χ3v) is 2.99. The first-order chi connectivity index (χ1) is 10.1. The molecule has 1 aromatic carbocycles. The van der Waals surface area contributed by atoms with E-state index in [0.29, 0.717) is 12.1 Å². The highest BCUT2D eigenvalue weighted by molar-refractivity contribution is 5.93. The number of hydrogen-bond donors (Lipinski definition) is 2. The number of amides is 1. The maximum Gasteiger partial charge on any atom is 0.303 e. The van der Waals surface area contributed by atoms with Gasteiger partial charge in [0.15, 0.2) is 0 Å². The molecule has 0 bridgehead atoms. The van der Waals surface area contributed by atoms with Gasteiger partial charge in [0.05, 0.1) is 6.42 Å². The van der Waals surface area contributed by atoms with Gasteiger partial charge in [-0.15, -0.1) is 0 Å². The van der Waals surface area contributed by atoms with Crippen molar-refractivity contribution in [3.8, 4) is 0 Å². The quantitative estimate of drug-likeness (QED) is 0.853. The zero-order chi connectivity index (χ0) is 15.1. The normalized spacial score (nSPS) is 10.1. The van der Waals surface area contributed by atoms with Crippen LogP contribution in [0.5, 0.6) is 0 Å². The van der Waals surface area contributed by atoms with E-state index in [1.165, 1.54) is 0 Å². The average Bonchev–Trinajstić information content (AvgIpc) is 2.47. The molecule has 0 aliphatic carbocycles. The minimum atomic E-state index is -0.855. The summed E-state index contributed by atoms with van der Waals surface area (Å²) in [5.41, 5.74) is 2.31. The summed E-state index contributed by atoms with van der Waals surface area (Å²) in [5, 5.41) is 11.6. The van der Waals surface area contributed by atoms with Crippen molar-refractivity contribution in [2.24, 2.45) is 0 Å². The second kappa shape index (κ2) is 7.19. The summed E-state index contributed by atoms with van der Waals surface area (Å²) in [6.45, 7) is 0. The van der Waals surface area contributed by atoms with E-state index in [2.05, 4.69) is 10.3 Å². The molecule has 2 aromatic rings. The van der Waals surface area contributed by atoms with Crippen molar-refractivity contribution in [1.82, 2.24) is 4.98 Å². The molecule has 0 fully saturated rings. The molecule has 1 heterocycles. The number of pyridine rings is 1. The summed E-state index contributed by atoms with van der Waals surface area (Å²) in [6, 6.07) is 10.9. The number of aliphatic carboxylic acids is 1. The number of carboxylic acid groups (broad SMARTS) is 1. The van der Waals surface area contributed by atoms with Crippen LogP contribution in [0.4, 0.5) is 5.69 Å². The summed E-state index contributed by atoms with van der Waals surface area (Å²) in [5.74, 6) is -1.00. The van der Waals surface area contributed by atoms with E-state index < -0.39 is 5.97 Å². The first kappa shape index (κ1) is 14.7. The summed E-state index contributed by atoms with van der Waals surface area (Å²) >= 11 is 0. The van der Waals surface area contributed by atoms with Crippen LogP contribution < -0.4 is 5.32 Å². The molecular weight excluding hydrogens is 268 g/mol. The van der Waals surface area contributed by atoms with Gasteiger partial charge in [-0.25, -0.2) is 0 Å². The molecule has 2 N–H and O–H groups in total. The lowest BCUT2D eigenvalue weighted by Crippen LogP contribution is -2.16. The molecule has 0 unspecified atom stereocenters. The Morgan fingerprint density at radius 1 is 1.14 bits per heavy atom. The number of carboxylic acids is 1. The summed E-state index contributed by atoms with van der Waals surface area (Å²) in [7, 11) is 0. The average molecular weight is 284 g/mol. The highest BCUT2D eigenvalue weighted by Crippen LogP contribution is 2.17. The second-order valence-corrected chi connectivity index (χ2v) is 4.64. The molecule has 0 saturated carbocycles. The van der Waals surface area contributed by atoms with Crippen molar-refractivity contribution in [2.45, 2.75) is 19.3 Å². The number of benzene rings is 1. The van der Waals surface area contributed by atoms with Crippen molar-refractivity contribution >= 4 is 17.6 Å². The molecule has 2 rings (SSSR count). The third kappa shape index (κ3) is 4.72. The molecule has 0 saturated heterocycles. The lowest BCUT2D eigenvalue weighted by Gasteiger charge is -2.10. The standard InChI is InChI=1S/C16H16N2O3/c19-15(10-12-4-3-9-17-11-12)18-14-6-2-1-5-13(14)7-8-16(20)21/h1-6,9,11H,7-8,10H2,(H,18,19)(H,20,21). The van der Waals surface area contributed by atoms with Gasteiger partial charge in [0.1, 0.15) is 0 Å². The predicted molar refractivity (Wildman–Crippen MR) is 79.0 cm³/mol. The van der Waals surface area contributed by atoms with Gasteiger partial charge >= 0.3 is 5.97 Å². The molecule has 0 radical (unpaired) electrons. The smallest absolute Gasteiger partial charge is 0.303 e. The van der Waals surface area contributed by atoms with E-state index >= 15 is 0 Å². The topological polar surface area (TPSA) is 79.3 Å². The number of hydrogen-bond acceptors (Lipinski definition) is 3. The maximum atomic E-state index is 12.0. The highest BCUT2D eigenvalue weighted by Gasteiger charge is 2.08. The van der Waals surface area contributed by atoms with Crippen LogP contribution in [0.1, 0.15) is 17.5 Å². The SMILES string of the molecule is O=C(O)CCc1ccccc1NC(=O)Cc1cccnc1. The fourth-order valence-electron chi connectivity index (χ4n) is 1.98. The van der Waals surface area contributed by atoms with Gasteiger partial charge in [-0.3, -0.25) is 14.6 Å². The Hall–Kier alpha value is -2.69. The van der Waals surface area contributed by atoms with Crippen LogP contribution >= 0.6 is 0 Å². The molecule has 21 heavy (non-hydrogen) atoms. The van der Waals surface area contributed by atoms with Gasteiger partial charge in [0, 0.05) is 24.5 Å². The molecule has 0 atom stereocenters. The molecule has 0 aliphatic rings. The maximum absolute atomic E-state index is 12.0. The van der Waals surface area contributed by atoms with Crippen molar-refractivity contribution in [1.29, 1.82) is 0 Å². The summed E-state index contributed by atoms with van der Waals surface area (Å²) in [6.07, 6.45) is 3.97. The van der Waals surface area contributed by atoms with Crippen LogP contribution in [0.25, 0.3) is 0 Å². The molecule has 0 aliphatic heterocycles. The lowest BCUT2D eigenvalue weighted by atomic mass is 10.1. The third-order valence-electron chi connectivity index (χ3n) is 2.99. The number of carbonyl (C=O) groups is 2. The zero-order valence-corrected chi connectivity index (χ0v) is 11.5. The van der Waals surface area contributed by atoms with Crippen LogP contribution in [-0.4, -0.2) is 22.0 Å². The molecule has 108 valence electrons. The first-order valence-electron chi connectivity index (χ1n) is 6.63. The van der Waals surface area contributed by atoms with Gasteiger partial charge in [-0.1, -0.05) is 24.3 Å². The predicted octanol–water partition coefficient (Wildman–Crippen LogP) is 2.28. The summed E-state index contributed by atoms with van der Waals surface area (Å²) < 4.78 is 0. The van der Waals surface area contributed by atoms with Crippen LogP contribution in [-0.2, 0) is 22.4 Å². The Labute approximate surface area is 122 Å². The van der Waals surface area contributed by atoms with E-state index in [-0.39, 0.29) is 18.7 Å². The molecule has 5 nitrogen and oxygen atoms in total. The molecule has 0 spiro atoms. The van der Waals surface area contributed by atoms with E-state index in [1.54, 1.807) is 24.5 Å². The van der Waals surface area contributed by atoms with Crippen molar-refractivity contribution in [3.63, 3.8) is 0 Å². The Balaban J connectivity index is 2.01. The van der Waals surface area contributed by atoms with Gasteiger partial charge in [0.25, 0.3) is 0 Å². The largest absolute Gasteiger partial charge is 0.481 e. The van der Waals surface area contributed by atoms with E-state index in [1.807, 2.05) is 24.3 Å². The number of nitrogens with one attached hydrogen (secondary N) is 1. The number of para-hydroxylation sites is 1. The van der Waals surface area contributed by atoms with Crippen molar-refractivity contribution in [3.05, 3.63) is 59.9 Å². The second-order valence-electron chi connectivity index (χ2n) is 4.64. The number of aryl methyl sites for hydroxylation is 1. The Bertz CT molecular complexity index is 626. The number of nitrogens with zero attached hydrogens (tertiary/aromatic N) is 1. The molecule has 5 heteroatoms. The van der Waals surface area contributed by atoms with Gasteiger partial charge < -0.3 is 10.4 Å². The minimum absolute atomic E-state index is 0.0372. The van der Waals surface area contributed by atoms with E-state index in [9.17, 15) is 9.59 Å². The fourth-order valence-corrected chi connectivity index (χ4v) is 1.98. The van der Waals surface area contributed by atoms with Crippen LogP contribution in [0.15, 0.2) is 48.8 Å². The van der Waals surface area contributed by atoms with E-state index in [0.717, 1.165) is 11.1 Å². The zero-order valence-electron chi connectivity index (χ0n) is 11.5. The van der Waals surface area contributed by atoms with Crippen molar-refractivity contribution < 1.29 is 14.7 Å². The first-order valence-corrected chi connectivity index (χ1v) is 6.63. The molecule has 1 aromatic heterocycles. The van der Waals surface area contributed by atoms with Crippen LogP contribution in [0.3, 0.4) is 0 Å². The number of carbonyl (C=O) groups excluding carboxylic acids is 1. The minimum Gasteiger partial charge on any atom is -0.481 e. The Morgan fingerprint density at radius 2 is 1.95 bits per heavy atom. The number of aromatic nitrogens is 1.